The number of hydrogen-bond acceptors (Lipinski definition) is 3. The van der Waals surface area contributed by atoms with Crippen molar-refractivity contribution in [1.29, 1.82) is 0 Å². The van der Waals surface area contributed by atoms with Crippen LogP contribution < -0.4 is 11.1 Å². The highest BCUT2D eigenvalue weighted by molar-refractivity contribution is 6.07. The lowest BCUT2D eigenvalue weighted by Crippen LogP contribution is -2.50. The van der Waals surface area contributed by atoms with Gasteiger partial charge in [-0.3, -0.25) is 4.79 Å². The first-order valence-corrected chi connectivity index (χ1v) is 6.87. The van der Waals surface area contributed by atoms with E-state index in [4.69, 9.17) is 10.9 Å². The molecule has 0 spiro atoms. The van der Waals surface area contributed by atoms with Crippen LogP contribution >= 0.6 is 0 Å². The molecular formula is C13H23N3O2. The molecule has 18 heavy (non-hydrogen) atoms. The normalized spacial score (nSPS) is 31.5. The van der Waals surface area contributed by atoms with E-state index in [1.165, 1.54) is 6.42 Å². The van der Waals surface area contributed by atoms with Crippen molar-refractivity contribution in [3.63, 3.8) is 0 Å². The van der Waals surface area contributed by atoms with Crippen LogP contribution in [0, 0.1) is 11.3 Å². The molecule has 2 fully saturated rings. The first-order chi connectivity index (χ1) is 8.58. The third-order valence-electron chi connectivity index (χ3n) is 4.52. The maximum absolute atomic E-state index is 12.4. The molecule has 2 saturated carbocycles. The zero-order valence-electron chi connectivity index (χ0n) is 11.0. The van der Waals surface area contributed by atoms with Crippen molar-refractivity contribution < 1.29 is 10.0 Å². The molecule has 0 aromatic heterocycles. The lowest BCUT2D eigenvalue weighted by Gasteiger charge is -2.28. The van der Waals surface area contributed by atoms with Crippen molar-refractivity contribution in [3.05, 3.63) is 0 Å². The molecule has 0 radical (unpaired) electrons. The minimum atomic E-state index is -0.763. The van der Waals surface area contributed by atoms with Gasteiger partial charge in [-0.25, -0.2) is 0 Å². The summed E-state index contributed by atoms with van der Waals surface area (Å²) in [6.45, 7) is 2.21. The van der Waals surface area contributed by atoms with E-state index in [-0.39, 0.29) is 17.8 Å². The van der Waals surface area contributed by atoms with Crippen LogP contribution in [0.25, 0.3) is 0 Å². The van der Waals surface area contributed by atoms with E-state index in [1.807, 2.05) is 0 Å². The van der Waals surface area contributed by atoms with Crippen LogP contribution in [-0.4, -0.2) is 23.0 Å². The van der Waals surface area contributed by atoms with E-state index in [9.17, 15) is 4.79 Å². The van der Waals surface area contributed by atoms with Gasteiger partial charge in [0.15, 0.2) is 5.84 Å². The van der Waals surface area contributed by atoms with E-state index < -0.39 is 5.41 Å². The Kier molecular flexibility index (Phi) is 3.78. The highest BCUT2D eigenvalue weighted by Crippen LogP contribution is 2.39. The van der Waals surface area contributed by atoms with Crippen LogP contribution in [-0.2, 0) is 4.79 Å². The summed E-state index contributed by atoms with van der Waals surface area (Å²) in [4.78, 5) is 12.4. The predicted molar refractivity (Wildman–Crippen MR) is 69.3 cm³/mol. The maximum Gasteiger partial charge on any atom is 0.234 e. The molecule has 5 nitrogen and oxygen atoms in total. The van der Waals surface area contributed by atoms with E-state index in [0.29, 0.717) is 18.8 Å². The third-order valence-corrected chi connectivity index (χ3v) is 4.52. The Morgan fingerprint density at radius 2 is 2.06 bits per heavy atom. The number of carbonyl (C=O) groups excluding carboxylic acids is 1. The first kappa shape index (κ1) is 13.2. The van der Waals surface area contributed by atoms with E-state index in [0.717, 1.165) is 25.7 Å². The van der Waals surface area contributed by atoms with Crippen molar-refractivity contribution in [1.82, 2.24) is 5.32 Å². The van der Waals surface area contributed by atoms with Gasteiger partial charge in [0, 0.05) is 6.04 Å². The highest BCUT2D eigenvalue weighted by atomic mass is 16.4. The van der Waals surface area contributed by atoms with Crippen molar-refractivity contribution in [2.75, 3.05) is 0 Å². The van der Waals surface area contributed by atoms with Gasteiger partial charge in [-0.05, 0) is 38.0 Å². The van der Waals surface area contributed by atoms with Gasteiger partial charge in [-0.2, -0.15) is 0 Å². The number of amides is 1. The monoisotopic (exact) mass is 253 g/mol. The zero-order chi connectivity index (χ0) is 13.2. The molecule has 2 rings (SSSR count). The molecule has 0 aliphatic heterocycles. The Morgan fingerprint density at radius 3 is 2.56 bits per heavy atom. The minimum absolute atomic E-state index is 0.0469. The molecule has 0 heterocycles. The second-order valence-corrected chi connectivity index (χ2v) is 5.86. The van der Waals surface area contributed by atoms with Gasteiger partial charge in [-0.15, -0.1) is 0 Å². The fraction of sp³-hybridized carbons (Fsp3) is 0.846. The van der Waals surface area contributed by atoms with Gasteiger partial charge in [0.1, 0.15) is 5.41 Å². The number of oxime groups is 1. The second kappa shape index (κ2) is 5.16. The average Bonchev–Trinajstić information content (AvgIpc) is 2.98. The van der Waals surface area contributed by atoms with Crippen LogP contribution in [0.1, 0.15) is 51.9 Å². The Bertz CT molecular complexity index is 348. The molecular weight excluding hydrogens is 230 g/mol. The molecule has 2 aliphatic carbocycles. The van der Waals surface area contributed by atoms with Crippen molar-refractivity contribution >= 4 is 11.7 Å². The number of rotatable bonds is 3. The molecule has 0 aromatic rings. The number of carbonyl (C=O) groups is 1. The van der Waals surface area contributed by atoms with Crippen molar-refractivity contribution in [3.8, 4) is 0 Å². The van der Waals surface area contributed by atoms with Crippen LogP contribution in [0.4, 0.5) is 0 Å². The predicted octanol–water partition coefficient (Wildman–Crippen LogP) is 1.60. The molecule has 0 aromatic carbocycles. The molecule has 2 unspecified atom stereocenters. The second-order valence-electron chi connectivity index (χ2n) is 5.86. The number of nitrogens with two attached hydrogens (primary N) is 1. The summed E-state index contributed by atoms with van der Waals surface area (Å²) >= 11 is 0. The Labute approximate surface area is 108 Å². The summed E-state index contributed by atoms with van der Waals surface area (Å²) in [5.74, 6) is 0.705. The van der Waals surface area contributed by atoms with Gasteiger partial charge < -0.3 is 16.3 Å². The first-order valence-electron chi connectivity index (χ1n) is 6.87. The Balaban J connectivity index is 2.05. The minimum Gasteiger partial charge on any atom is -0.409 e. The fourth-order valence-corrected chi connectivity index (χ4v) is 3.34. The molecule has 1 amide bonds. The number of hydrogen-bond donors (Lipinski definition) is 3. The van der Waals surface area contributed by atoms with Crippen LogP contribution in [0.5, 0.6) is 0 Å². The topological polar surface area (TPSA) is 87.7 Å². The number of nitrogens with zero attached hydrogens (tertiary/aromatic N) is 1. The third kappa shape index (κ3) is 2.31. The van der Waals surface area contributed by atoms with Crippen LogP contribution in [0.2, 0.25) is 0 Å². The molecule has 2 aliphatic rings. The maximum atomic E-state index is 12.4. The Morgan fingerprint density at radius 1 is 1.39 bits per heavy atom. The van der Waals surface area contributed by atoms with Gasteiger partial charge in [0.05, 0.1) is 0 Å². The van der Waals surface area contributed by atoms with Crippen LogP contribution in [0.15, 0.2) is 5.16 Å². The Hall–Kier alpha value is -1.26. The fourth-order valence-electron chi connectivity index (χ4n) is 3.34. The molecule has 0 saturated heterocycles. The molecule has 4 N–H and O–H groups in total. The summed E-state index contributed by atoms with van der Waals surface area (Å²) in [6.07, 6.45) is 6.56. The molecule has 5 heteroatoms. The van der Waals surface area contributed by atoms with E-state index >= 15 is 0 Å². The summed E-state index contributed by atoms with van der Waals surface area (Å²) in [7, 11) is 0. The largest absolute Gasteiger partial charge is 0.409 e. The molecule has 102 valence electrons. The highest BCUT2D eigenvalue weighted by Gasteiger charge is 2.46. The van der Waals surface area contributed by atoms with E-state index in [2.05, 4.69) is 17.4 Å². The molecule has 0 bridgehead atoms. The lowest BCUT2D eigenvalue weighted by atomic mass is 9.83. The SMILES string of the molecule is CC1CCC(NC(=O)C2(C(N)=NO)CCCC2)C1. The van der Waals surface area contributed by atoms with Crippen molar-refractivity contribution in [2.45, 2.75) is 57.9 Å². The standard InChI is InChI=1S/C13H23N3O2/c1-9-4-5-10(8-9)15-12(17)13(11(14)16-18)6-2-3-7-13/h9-10,18H,2-8H2,1H3,(H2,14,16)(H,15,17). The smallest absolute Gasteiger partial charge is 0.234 e. The summed E-state index contributed by atoms with van der Waals surface area (Å²) in [5, 5.41) is 15.1. The van der Waals surface area contributed by atoms with E-state index in [1.54, 1.807) is 0 Å². The summed E-state index contributed by atoms with van der Waals surface area (Å²) in [5.41, 5.74) is 4.99. The van der Waals surface area contributed by atoms with Gasteiger partial charge in [0.25, 0.3) is 0 Å². The number of amidine groups is 1. The average molecular weight is 253 g/mol. The van der Waals surface area contributed by atoms with Crippen LogP contribution in [0.3, 0.4) is 0 Å². The van der Waals surface area contributed by atoms with Crippen molar-refractivity contribution in [2.24, 2.45) is 22.2 Å². The lowest BCUT2D eigenvalue weighted by molar-refractivity contribution is -0.128. The van der Waals surface area contributed by atoms with Gasteiger partial charge in [0.2, 0.25) is 5.91 Å². The number of nitrogens with one attached hydrogen (secondary N) is 1. The summed E-state index contributed by atoms with van der Waals surface area (Å²) < 4.78 is 0. The van der Waals surface area contributed by atoms with Gasteiger partial charge >= 0.3 is 0 Å². The quantitative estimate of drug-likeness (QED) is 0.309. The summed E-state index contributed by atoms with van der Waals surface area (Å²) in [6, 6.07) is 0.261. The van der Waals surface area contributed by atoms with Gasteiger partial charge in [-0.1, -0.05) is 24.9 Å². The zero-order valence-corrected chi connectivity index (χ0v) is 11.0. The molecule has 2 atom stereocenters.